The number of likely N-dealkylation sites (N-methyl/N-ethyl adjacent to an activating group) is 1. The number of nitrogens with one attached hydrogen (secondary N) is 1. The molecule has 0 aliphatic carbocycles. The van der Waals surface area contributed by atoms with Gasteiger partial charge in [-0.1, -0.05) is 12.1 Å². The molecule has 1 N–H and O–H groups in total. The number of urea groups is 1. The van der Waals surface area contributed by atoms with Crippen LogP contribution < -0.4 is 5.32 Å². The van der Waals surface area contributed by atoms with E-state index in [1.165, 1.54) is 31.3 Å². The number of para-hydroxylation sites is 1. The van der Waals surface area contributed by atoms with Gasteiger partial charge < -0.3 is 0 Å². The normalized spacial score (nSPS) is 17.2. The molecule has 1 heterocycles. The number of benzene rings is 1. The molecule has 0 unspecified atom stereocenters. The van der Waals surface area contributed by atoms with E-state index in [2.05, 4.69) is 5.32 Å². The third-order valence-electron chi connectivity index (χ3n) is 2.54. The van der Waals surface area contributed by atoms with E-state index in [4.69, 9.17) is 0 Å². The van der Waals surface area contributed by atoms with Gasteiger partial charge in [0.05, 0.1) is 10.5 Å². The molecule has 1 fully saturated rings. The molecule has 3 amide bonds. The number of nitrogens with zero attached hydrogens (tertiary/aromatic N) is 2. The Morgan fingerprint density at radius 1 is 1.33 bits per heavy atom. The van der Waals surface area contributed by atoms with Crippen LogP contribution >= 0.6 is 0 Å². The predicted molar refractivity (Wildman–Crippen MR) is 62.4 cm³/mol. The van der Waals surface area contributed by atoms with Crippen LogP contribution in [0.4, 0.5) is 10.5 Å². The summed E-state index contributed by atoms with van der Waals surface area (Å²) in [6.45, 7) is 0. The van der Waals surface area contributed by atoms with Gasteiger partial charge in [-0.05, 0) is 12.1 Å². The van der Waals surface area contributed by atoms with E-state index in [0.717, 1.165) is 4.90 Å². The van der Waals surface area contributed by atoms with Crippen LogP contribution in [0.3, 0.4) is 0 Å². The van der Waals surface area contributed by atoms with Crippen LogP contribution in [-0.2, 0) is 4.79 Å². The highest BCUT2D eigenvalue weighted by Crippen LogP contribution is 2.22. The van der Waals surface area contributed by atoms with E-state index in [1.807, 2.05) is 0 Å². The molecule has 0 aromatic heterocycles. The second-order valence-corrected chi connectivity index (χ2v) is 3.66. The van der Waals surface area contributed by atoms with Gasteiger partial charge in [-0.3, -0.25) is 25.1 Å². The van der Waals surface area contributed by atoms with E-state index in [0.29, 0.717) is 0 Å². The van der Waals surface area contributed by atoms with Crippen LogP contribution in [0.1, 0.15) is 5.56 Å². The van der Waals surface area contributed by atoms with E-state index in [9.17, 15) is 19.7 Å². The van der Waals surface area contributed by atoms with Crippen molar-refractivity contribution in [3.05, 3.63) is 45.6 Å². The average Bonchev–Trinajstić information content (AvgIpc) is 2.56. The maximum atomic E-state index is 11.5. The number of nitro benzene ring substituents is 1. The highest BCUT2D eigenvalue weighted by molar-refractivity contribution is 6.13. The number of carbonyl (C=O) groups is 2. The van der Waals surface area contributed by atoms with Gasteiger partial charge in [0.2, 0.25) is 0 Å². The molecule has 0 saturated carbocycles. The molecular weight excluding hydrogens is 238 g/mol. The maximum Gasteiger partial charge on any atom is 0.328 e. The van der Waals surface area contributed by atoms with Crippen molar-refractivity contribution in [1.29, 1.82) is 0 Å². The summed E-state index contributed by atoms with van der Waals surface area (Å²) in [5.41, 5.74) is 0.231. The van der Waals surface area contributed by atoms with Crippen molar-refractivity contribution in [1.82, 2.24) is 10.2 Å². The minimum absolute atomic E-state index is 0.0781. The first-order valence-corrected chi connectivity index (χ1v) is 5.05. The van der Waals surface area contributed by atoms with Crippen molar-refractivity contribution in [3.63, 3.8) is 0 Å². The van der Waals surface area contributed by atoms with Gasteiger partial charge in [-0.2, -0.15) is 0 Å². The molecule has 1 aromatic rings. The molecule has 1 aliphatic heterocycles. The summed E-state index contributed by atoms with van der Waals surface area (Å²) >= 11 is 0. The molecule has 18 heavy (non-hydrogen) atoms. The summed E-state index contributed by atoms with van der Waals surface area (Å²) in [7, 11) is 1.42. The highest BCUT2D eigenvalue weighted by atomic mass is 16.6. The first-order chi connectivity index (χ1) is 8.50. The number of carbonyl (C=O) groups excluding carboxylic acids is 2. The summed E-state index contributed by atoms with van der Waals surface area (Å²) in [5.74, 6) is -0.569. The predicted octanol–water partition coefficient (Wildman–Crippen LogP) is 1.12. The van der Waals surface area contributed by atoms with Crippen molar-refractivity contribution in [2.24, 2.45) is 0 Å². The van der Waals surface area contributed by atoms with Gasteiger partial charge in [0, 0.05) is 13.1 Å². The largest absolute Gasteiger partial charge is 0.328 e. The van der Waals surface area contributed by atoms with E-state index < -0.39 is 16.9 Å². The zero-order chi connectivity index (χ0) is 13.3. The fraction of sp³-hybridized carbons (Fsp3) is 0.0909. The second kappa shape index (κ2) is 4.28. The van der Waals surface area contributed by atoms with Crippen molar-refractivity contribution in [2.45, 2.75) is 0 Å². The zero-order valence-corrected chi connectivity index (χ0v) is 9.41. The molecule has 0 spiro atoms. The fourth-order valence-electron chi connectivity index (χ4n) is 1.59. The Balaban J connectivity index is 2.48. The Morgan fingerprint density at radius 2 is 2.00 bits per heavy atom. The summed E-state index contributed by atoms with van der Waals surface area (Å²) in [5, 5.41) is 12.9. The topological polar surface area (TPSA) is 92.6 Å². The van der Waals surface area contributed by atoms with Crippen LogP contribution in [0.25, 0.3) is 6.08 Å². The molecule has 0 atom stereocenters. The first-order valence-electron chi connectivity index (χ1n) is 5.05. The van der Waals surface area contributed by atoms with Gasteiger partial charge in [0.15, 0.2) is 0 Å². The lowest BCUT2D eigenvalue weighted by Crippen LogP contribution is -2.24. The van der Waals surface area contributed by atoms with Crippen LogP contribution in [0.2, 0.25) is 0 Å². The zero-order valence-electron chi connectivity index (χ0n) is 9.41. The van der Waals surface area contributed by atoms with Crippen molar-refractivity contribution >= 4 is 23.7 Å². The molecule has 92 valence electrons. The van der Waals surface area contributed by atoms with Gasteiger partial charge in [0.25, 0.3) is 11.6 Å². The Hall–Kier alpha value is -2.70. The molecule has 1 saturated heterocycles. The third kappa shape index (κ3) is 1.93. The minimum atomic E-state index is -0.569. The standard InChI is InChI=1S/C11H9N3O4/c1-13-9(10(15)12-11(13)16)6-7-4-2-3-5-8(7)14(17)18/h2-6H,1H3,(H,12,15,16)/b9-6-. The van der Waals surface area contributed by atoms with Crippen molar-refractivity contribution in [2.75, 3.05) is 7.05 Å². The first kappa shape index (κ1) is 11.8. The molecule has 7 heteroatoms. The molecule has 1 aromatic carbocycles. The maximum absolute atomic E-state index is 11.5. The van der Waals surface area contributed by atoms with Crippen molar-refractivity contribution in [3.8, 4) is 0 Å². The summed E-state index contributed by atoms with van der Waals surface area (Å²) in [4.78, 5) is 34.1. The van der Waals surface area contributed by atoms with E-state index in [1.54, 1.807) is 6.07 Å². The lowest BCUT2D eigenvalue weighted by molar-refractivity contribution is -0.385. The number of hydrogen-bond donors (Lipinski definition) is 1. The van der Waals surface area contributed by atoms with Crippen LogP contribution in [0.15, 0.2) is 30.0 Å². The van der Waals surface area contributed by atoms with Crippen LogP contribution in [-0.4, -0.2) is 28.8 Å². The summed E-state index contributed by atoms with van der Waals surface area (Å²) in [6, 6.07) is 5.44. The number of nitro groups is 1. The van der Waals surface area contributed by atoms with Gasteiger partial charge in [0.1, 0.15) is 5.70 Å². The Labute approximate surface area is 102 Å². The summed E-state index contributed by atoms with van der Waals surface area (Å²) < 4.78 is 0. The fourth-order valence-corrected chi connectivity index (χ4v) is 1.59. The van der Waals surface area contributed by atoms with E-state index >= 15 is 0 Å². The molecule has 0 radical (unpaired) electrons. The molecule has 2 rings (SSSR count). The Kier molecular flexibility index (Phi) is 2.80. The van der Waals surface area contributed by atoms with E-state index in [-0.39, 0.29) is 16.9 Å². The molecule has 7 nitrogen and oxygen atoms in total. The Bertz CT molecular complexity index is 579. The lowest BCUT2D eigenvalue weighted by Gasteiger charge is -2.06. The van der Waals surface area contributed by atoms with Gasteiger partial charge >= 0.3 is 6.03 Å². The number of rotatable bonds is 2. The number of hydrogen-bond acceptors (Lipinski definition) is 4. The van der Waals surface area contributed by atoms with Crippen LogP contribution in [0.5, 0.6) is 0 Å². The monoisotopic (exact) mass is 247 g/mol. The Morgan fingerprint density at radius 3 is 2.56 bits per heavy atom. The quantitative estimate of drug-likeness (QED) is 0.367. The molecule has 0 bridgehead atoms. The minimum Gasteiger partial charge on any atom is -0.292 e. The average molecular weight is 247 g/mol. The van der Waals surface area contributed by atoms with Gasteiger partial charge in [-0.15, -0.1) is 0 Å². The smallest absolute Gasteiger partial charge is 0.292 e. The second-order valence-electron chi connectivity index (χ2n) is 3.66. The summed E-state index contributed by atoms with van der Waals surface area (Å²) in [6.07, 6.45) is 1.32. The molecular formula is C11H9N3O4. The third-order valence-corrected chi connectivity index (χ3v) is 2.54. The van der Waals surface area contributed by atoms with Gasteiger partial charge in [-0.25, -0.2) is 4.79 Å². The number of imide groups is 1. The van der Waals surface area contributed by atoms with Crippen molar-refractivity contribution < 1.29 is 14.5 Å². The van der Waals surface area contributed by atoms with Crippen LogP contribution in [0, 0.1) is 10.1 Å². The SMILES string of the molecule is CN1C(=O)NC(=O)/C1=C/c1ccccc1[N+](=O)[O-]. The molecule has 1 aliphatic rings. The lowest BCUT2D eigenvalue weighted by atomic mass is 10.1. The highest BCUT2D eigenvalue weighted by Gasteiger charge is 2.30. The number of amides is 3.